The molecule has 0 spiro atoms. The second kappa shape index (κ2) is 4.66. The quantitative estimate of drug-likeness (QED) is 0.746. The largest absolute Gasteiger partial charge is 0.388 e. The Balaban J connectivity index is 1.97. The molecule has 1 aromatic carbocycles. The first kappa shape index (κ1) is 11.0. The van der Waals surface area contributed by atoms with E-state index < -0.39 is 0 Å². The van der Waals surface area contributed by atoms with Gasteiger partial charge >= 0.3 is 0 Å². The molecule has 0 aliphatic rings. The molecular formula is C14H13N3S. The third kappa shape index (κ3) is 2.02. The van der Waals surface area contributed by atoms with Crippen molar-refractivity contribution in [1.29, 1.82) is 0 Å². The van der Waals surface area contributed by atoms with E-state index >= 15 is 0 Å². The first-order valence-corrected chi connectivity index (χ1v) is 6.61. The summed E-state index contributed by atoms with van der Waals surface area (Å²) in [6.07, 6.45) is 3.87. The lowest BCUT2D eigenvalue weighted by atomic mass is 10.2. The first-order chi connectivity index (χ1) is 8.86. The summed E-state index contributed by atoms with van der Waals surface area (Å²) in [6.45, 7) is 0. The Labute approximate surface area is 110 Å². The maximum absolute atomic E-state index is 4.67. The molecule has 0 atom stereocenters. The monoisotopic (exact) mass is 255 g/mol. The maximum Gasteiger partial charge on any atom is 0.124 e. The molecule has 3 aromatic rings. The van der Waals surface area contributed by atoms with Crippen LogP contribution in [0.4, 0.5) is 5.69 Å². The van der Waals surface area contributed by atoms with Gasteiger partial charge in [-0.15, -0.1) is 11.3 Å². The Morgan fingerprint density at radius 2 is 2.17 bits per heavy atom. The van der Waals surface area contributed by atoms with Crippen LogP contribution in [0.25, 0.3) is 21.8 Å². The molecule has 3 nitrogen and oxygen atoms in total. The number of rotatable bonds is 3. The maximum atomic E-state index is 4.67. The highest BCUT2D eigenvalue weighted by molar-refractivity contribution is 7.13. The van der Waals surface area contributed by atoms with Gasteiger partial charge < -0.3 is 10.3 Å². The van der Waals surface area contributed by atoms with Crippen LogP contribution < -0.4 is 5.32 Å². The smallest absolute Gasteiger partial charge is 0.124 e. The molecule has 18 heavy (non-hydrogen) atoms. The molecule has 0 radical (unpaired) electrons. The Kier molecular flexibility index (Phi) is 2.86. The van der Waals surface area contributed by atoms with Crippen molar-refractivity contribution >= 4 is 17.0 Å². The average Bonchev–Trinajstić information content (AvgIpc) is 3.09. The van der Waals surface area contributed by atoms with Crippen LogP contribution in [-0.4, -0.2) is 17.0 Å². The topological polar surface area (TPSA) is 40.7 Å². The minimum absolute atomic E-state index is 1.02. The molecule has 0 saturated carbocycles. The van der Waals surface area contributed by atoms with Crippen molar-refractivity contribution in [2.75, 3.05) is 12.4 Å². The van der Waals surface area contributed by atoms with Gasteiger partial charge in [0.25, 0.3) is 0 Å². The minimum atomic E-state index is 1.02. The zero-order chi connectivity index (χ0) is 12.4. The van der Waals surface area contributed by atoms with E-state index in [1.54, 1.807) is 11.3 Å². The summed E-state index contributed by atoms with van der Waals surface area (Å²) in [7, 11) is 1.92. The van der Waals surface area contributed by atoms with Crippen LogP contribution >= 0.6 is 11.3 Å². The molecule has 0 aliphatic carbocycles. The van der Waals surface area contributed by atoms with E-state index in [9.17, 15) is 0 Å². The number of H-pyrrole nitrogens is 1. The molecule has 0 unspecified atom stereocenters. The van der Waals surface area contributed by atoms with Crippen molar-refractivity contribution in [3.8, 4) is 21.8 Å². The molecule has 2 aromatic heterocycles. The molecule has 2 N–H and O–H groups in total. The van der Waals surface area contributed by atoms with Crippen LogP contribution in [0.3, 0.4) is 0 Å². The summed E-state index contributed by atoms with van der Waals surface area (Å²) in [5.41, 5.74) is 4.40. The average molecular weight is 255 g/mol. The van der Waals surface area contributed by atoms with Gasteiger partial charge in [0.1, 0.15) is 5.01 Å². The summed E-state index contributed by atoms with van der Waals surface area (Å²) >= 11 is 1.67. The first-order valence-electron chi connectivity index (χ1n) is 5.74. The summed E-state index contributed by atoms with van der Waals surface area (Å²) in [4.78, 5) is 7.72. The molecule has 3 rings (SSSR count). The predicted octanol–water partition coefficient (Wildman–Crippen LogP) is 3.85. The van der Waals surface area contributed by atoms with Crippen LogP contribution in [-0.2, 0) is 0 Å². The lowest BCUT2D eigenvalue weighted by Crippen LogP contribution is -1.87. The summed E-state index contributed by atoms with van der Waals surface area (Å²) < 4.78 is 0. The van der Waals surface area contributed by atoms with Gasteiger partial charge in [-0.3, -0.25) is 0 Å². The highest BCUT2D eigenvalue weighted by Crippen LogP contribution is 2.29. The summed E-state index contributed by atoms with van der Waals surface area (Å²) in [5, 5.41) is 6.28. The molecule has 90 valence electrons. The highest BCUT2D eigenvalue weighted by atomic mass is 32.1. The number of hydrogen-bond acceptors (Lipinski definition) is 3. The van der Waals surface area contributed by atoms with E-state index in [1.807, 2.05) is 37.6 Å². The summed E-state index contributed by atoms with van der Waals surface area (Å²) in [6, 6.07) is 10.3. The van der Waals surface area contributed by atoms with Crippen LogP contribution in [0.15, 0.2) is 48.1 Å². The van der Waals surface area contributed by atoms with E-state index in [-0.39, 0.29) is 0 Å². The van der Waals surface area contributed by atoms with E-state index in [0.29, 0.717) is 0 Å². The van der Waals surface area contributed by atoms with Crippen molar-refractivity contribution < 1.29 is 0 Å². The zero-order valence-electron chi connectivity index (χ0n) is 9.97. The van der Waals surface area contributed by atoms with Crippen molar-refractivity contribution in [2.45, 2.75) is 0 Å². The molecule has 0 fully saturated rings. The number of anilines is 1. The second-order valence-corrected chi connectivity index (χ2v) is 4.83. The molecule has 0 bridgehead atoms. The summed E-state index contributed by atoms with van der Waals surface area (Å²) in [5.74, 6) is 0. The number of aromatic nitrogens is 2. The van der Waals surface area contributed by atoms with E-state index in [0.717, 1.165) is 27.5 Å². The van der Waals surface area contributed by atoms with Gasteiger partial charge in [0, 0.05) is 41.6 Å². The number of thiazole rings is 1. The van der Waals surface area contributed by atoms with Crippen molar-refractivity contribution in [2.24, 2.45) is 0 Å². The number of benzene rings is 1. The standard InChI is InChI=1S/C14H13N3S/c1-15-12-4-2-3-10(7-12)14-17-13(9-18-14)11-5-6-16-8-11/h2-9,15-16H,1H3. The van der Waals surface area contributed by atoms with E-state index in [4.69, 9.17) is 0 Å². The number of nitrogens with one attached hydrogen (secondary N) is 2. The van der Waals surface area contributed by atoms with Gasteiger partial charge in [-0.25, -0.2) is 4.98 Å². The molecule has 0 amide bonds. The van der Waals surface area contributed by atoms with Crippen LogP contribution in [0, 0.1) is 0 Å². The molecule has 4 heteroatoms. The zero-order valence-corrected chi connectivity index (χ0v) is 10.8. The predicted molar refractivity (Wildman–Crippen MR) is 76.9 cm³/mol. The van der Waals surface area contributed by atoms with Crippen molar-refractivity contribution in [3.05, 3.63) is 48.1 Å². The van der Waals surface area contributed by atoms with Gasteiger partial charge in [-0.1, -0.05) is 12.1 Å². The molecule has 2 heterocycles. The number of aromatic amines is 1. The fraction of sp³-hybridized carbons (Fsp3) is 0.0714. The molecule has 0 saturated heterocycles. The minimum Gasteiger partial charge on any atom is -0.388 e. The van der Waals surface area contributed by atoms with Gasteiger partial charge in [-0.2, -0.15) is 0 Å². The van der Waals surface area contributed by atoms with Crippen molar-refractivity contribution in [3.63, 3.8) is 0 Å². The highest BCUT2D eigenvalue weighted by Gasteiger charge is 2.07. The van der Waals surface area contributed by atoms with E-state index in [1.165, 1.54) is 0 Å². The van der Waals surface area contributed by atoms with Gasteiger partial charge in [0.05, 0.1) is 5.69 Å². The van der Waals surface area contributed by atoms with Crippen LogP contribution in [0.5, 0.6) is 0 Å². The Morgan fingerprint density at radius 1 is 1.22 bits per heavy atom. The van der Waals surface area contributed by atoms with Crippen molar-refractivity contribution in [1.82, 2.24) is 9.97 Å². The third-order valence-corrected chi connectivity index (χ3v) is 3.69. The van der Waals surface area contributed by atoms with Gasteiger partial charge in [0.2, 0.25) is 0 Å². The lowest BCUT2D eigenvalue weighted by molar-refractivity contribution is 1.38. The fourth-order valence-corrected chi connectivity index (χ4v) is 2.66. The number of hydrogen-bond donors (Lipinski definition) is 2. The number of nitrogens with zero attached hydrogens (tertiary/aromatic N) is 1. The normalized spacial score (nSPS) is 10.5. The molecular weight excluding hydrogens is 242 g/mol. The van der Waals surface area contributed by atoms with E-state index in [2.05, 4.69) is 32.8 Å². The van der Waals surface area contributed by atoms with Crippen LogP contribution in [0.1, 0.15) is 0 Å². The van der Waals surface area contributed by atoms with Gasteiger partial charge in [0.15, 0.2) is 0 Å². The fourth-order valence-electron chi connectivity index (χ4n) is 1.83. The van der Waals surface area contributed by atoms with Crippen LogP contribution in [0.2, 0.25) is 0 Å². The lowest BCUT2D eigenvalue weighted by Gasteiger charge is -2.01. The Morgan fingerprint density at radius 3 is 2.94 bits per heavy atom. The Hall–Kier alpha value is -2.07. The SMILES string of the molecule is CNc1cccc(-c2nc(-c3cc[nH]c3)cs2)c1. The molecule has 0 aliphatic heterocycles. The Bertz CT molecular complexity index is 641. The third-order valence-electron chi connectivity index (χ3n) is 2.80. The second-order valence-electron chi connectivity index (χ2n) is 3.97. The van der Waals surface area contributed by atoms with Gasteiger partial charge in [-0.05, 0) is 18.2 Å².